The quantitative estimate of drug-likeness (QED) is 0.734. The summed E-state index contributed by atoms with van der Waals surface area (Å²) in [7, 11) is 0. The second-order valence-corrected chi connectivity index (χ2v) is 7.48. The molecule has 136 valence electrons. The molecule has 1 aromatic rings. The number of amides is 3. The van der Waals surface area contributed by atoms with Crippen LogP contribution in [0.25, 0.3) is 6.08 Å². The van der Waals surface area contributed by atoms with Gasteiger partial charge in [0, 0.05) is 19.2 Å². The number of ether oxygens (including phenoxy) is 2. The highest BCUT2D eigenvalue weighted by molar-refractivity contribution is 8.18. The summed E-state index contributed by atoms with van der Waals surface area (Å²) in [6, 6.07) is 3.27. The molecular formula is C17H15ClN2O5S. The average molecular weight is 395 g/mol. The lowest BCUT2D eigenvalue weighted by Crippen LogP contribution is -2.40. The molecule has 3 aliphatic rings. The maximum absolute atomic E-state index is 12.6. The van der Waals surface area contributed by atoms with Crippen LogP contribution >= 0.6 is 23.4 Å². The van der Waals surface area contributed by atoms with Gasteiger partial charge in [-0.3, -0.25) is 19.3 Å². The van der Waals surface area contributed by atoms with Crippen molar-refractivity contribution in [3.63, 3.8) is 0 Å². The van der Waals surface area contributed by atoms with Crippen molar-refractivity contribution in [2.45, 2.75) is 12.8 Å². The minimum atomic E-state index is -0.485. The van der Waals surface area contributed by atoms with Crippen molar-refractivity contribution in [2.24, 2.45) is 0 Å². The second-order valence-electron chi connectivity index (χ2n) is 6.08. The zero-order chi connectivity index (χ0) is 18.3. The van der Waals surface area contributed by atoms with Crippen LogP contribution < -0.4 is 9.47 Å². The summed E-state index contributed by atoms with van der Waals surface area (Å²) in [5, 5.41) is -0.0696. The Labute approximate surface area is 158 Å². The van der Waals surface area contributed by atoms with E-state index in [-0.39, 0.29) is 24.2 Å². The molecular weight excluding hydrogens is 380 g/mol. The van der Waals surface area contributed by atoms with E-state index >= 15 is 0 Å². The normalized spacial score (nSPS) is 20.6. The van der Waals surface area contributed by atoms with Gasteiger partial charge in [0.05, 0.1) is 9.93 Å². The van der Waals surface area contributed by atoms with Crippen LogP contribution in [-0.4, -0.2) is 53.3 Å². The van der Waals surface area contributed by atoms with Gasteiger partial charge in [-0.05, 0) is 42.3 Å². The molecule has 0 spiro atoms. The van der Waals surface area contributed by atoms with Crippen LogP contribution in [0, 0.1) is 0 Å². The lowest BCUT2D eigenvalue weighted by Gasteiger charge is -2.18. The molecule has 2 saturated heterocycles. The van der Waals surface area contributed by atoms with Gasteiger partial charge >= 0.3 is 0 Å². The van der Waals surface area contributed by atoms with Crippen LogP contribution in [0.5, 0.6) is 11.5 Å². The molecule has 26 heavy (non-hydrogen) atoms. The van der Waals surface area contributed by atoms with Crippen LogP contribution in [0.3, 0.4) is 0 Å². The minimum Gasteiger partial charge on any atom is -0.454 e. The highest BCUT2D eigenvalue weighted by Gasteiger charge is 2.37. The topological polar surface area (TPSA) is 76.1 Å². The molecule has 0 saturated carbocycles. The van der Waals surface area contributed by atoms with E-state index in [9.17, 15) is 14.4 Å². The molecule has 9 heteroatoms. The molecule has 0 N–H and O–H groups in total. The van der Waals surface area contributed by atoms with Crippen molar-refractivity contribution >= 4 is 46.5 Å². The Balaban J connectivity index is 1.53. The molecule has 3 aliphatic heterocycles. The summed E-state index contributed by atoms with van der Waals surface area (Å²) in [5.41, 5.74) is 0.548. The Bertz CT molecular complexity index is 835. The summed E-state index contributed by atoms with van der Waals surface area (Å²) in [6.45, 7) is 1.25. The Morgan fingerprint density at radius 2 is 1.88 bits per heavy atom. The summed E-state index contributed by atoms with van der Waals surface area (Å²) >= 11 is 7.02. The number of benzene rings is 1. The van der Waals surface area contributed by atoms with Crippen molar-refractivity contribution < 1.29 is 23.9 Å². The van der Waals surface area contributed by atoms with Crippen molar-refractivity contribution in [3.8, 4) is 11.5 Å². The Hall–Kier alpha value is -2.19. The first-order valence-electron chi connectivity index (χ1n) is 8.15. The third-order valence-electron chi connectivity index (χ3n) is 4.40. The molecule has 3 heterocycles. The standard InChI is InChI=1S/C17H15ClN2O5S/c18-11-7-13-12(24-9-25-13)5-10(11)6-14-16(22)20(17(23)26-14)8-15(21)19-3-1-2-4-19/h5-7H,1-4,8-9H2. The van der Waals surface area contributed by atoms with Crippen LogP contribution in [0.1, 0.15) is 18.4 Å². The highest BCUT2D eigenvalue weighted by atomic mass is 35.5. The molecule has 3 amide bonds. The van der Waals surface area contributed by atoms with Gasteiger partial charge < -0.3 is 14.4 Å². The molecule has 0 atom stereocenters. The van der Waals surface area contributed by atoms with Crippen molar-refractivity contribution in [1.29, 1.82) is 0 Å². The van der Waals surface area contributed by atoms with E-state index in [1.165, 1.54) is 6.08 Å². The predicted octanol–water partition coefficient (Wildman–Crippen LogP) is 2.73. The number of fused-ring (bicyclic) bond motifs is 1. The molecule has 7 nitrogen and oxygen atoms in total. The van der Waals surface area contributed by atoms with Gasteiger partial charge in [0.15, 0.2) is 11.5 Å². The summed E-state index contributed by atoms with van der Waals surface area (Å²) in [6.07, 6.45) is 3.45. The first kappa shape index (κ1) is 17.2. The number of hydrogen-bond acceptors (Lipinski definition) is 6. The second kappa shape index (κ2) is 6.85. The Kier molecular flexibility index (Phi) is 4.54. The molecule has 0 radical (unpaired) electrons. The molecule has 0 bridgehead atoms. The highest BCUT2D eigenvalue weighted by Crippen LogP contribution is 2.39. The zero-order valence-electron chi connectivity index (χ0n) is 13.7. The number of carbonyl (C=O) groups excluding carboxylic acids is 3. The monoisotopic (exact) mass is 394 g/mol. The lowest BCUT2D eigenvalue weighted by atomic mass is 10.2. The van der Waals surface area contributed by atoms with Gasteiger partial charge in [-0.25, -0.2) is 0 Å². The maximum Gasteiger partial charge on any atom is 0.294 e. The molecule has 1 aromatic carbocycles. The van der Waals surface area contributed by atoms with Gasteiger partial charge in [0.25, 0.3) is 11.1 Å². The fraction of sp³-hybridized carbons (Fsp3) is 0.353. The molecule has 2 fully saturated rings. The number of hydrogen-bond donors (Lipinski definition) is 0. The number of thioether (sulfide) groups is 1. The van der Waals surface area contributed by atoms with Crippen LogP contribution in [-0.2, 0) is 9.59 Å². The van der Waals surface area contributed by atoms with Gasteiger partial charge in [-0.1, -0.05) is 11.6 Å². The number of imide groups is 1. The largest absolute Gasteiger partial charge is 0.454 e. The Morgan fingerprint density at radius 3 is 2.62 bits per heavy atom. The van der Waals surface area contributed by atoms with E-state index in [4.69, 9.17) is 21.1 Å². The molecule has 0 unspecified atom stereocenters. The molecule has 0 aromatic heterocycles. The van der Waals surface area contributed by atoms with E-state index in [1.54, 1.807) is 17.0 Å². The van der Waals surface area contributed by atoms with E-state index in [2.05, 4.69) is 0 Å². The third-order valence-corrected chi connectivity index (χ3v) is 5.64. The predicted molar refractivity (Wildman–Crippen MR) is 96.1 cm³/mol. The van der Waals surface area contributed by atoms with Crippen LogP contribution in [0.2, 0.25) is 5.02 Å². The van der Waals surface area contributed by atoms with Crippen molar-refractivity contribution in [2.75, 3.05) is 26.4 Å². The van der Waals surface area contributed by atoms with Gasteiger partial charge in [0.1, 0.15) is 6.54 Å². The number of halogens is 1. The van der Waals surface area contributed by atoms with Crippen LogP contribution in [0.15, 0.2) is 17.0 Å². The first-order chi connectivity index (χ1) is 12.5. The SMILES string of the molecule is O=C(CN1C(=O)SC(=Cc2cc3c(cc2Cl)OCO3)C1=O)N1CCCC1. The van der Waals surface area contributed by atoms with Crippen molar-refractivity contribution in [1.82, 2.24) is 9.80 Å². The van der Waals surface area contributed by atoms with E-state index in [1.807, 2.05) is 0 Å². The van der Waals surface area contributed by atoms with Crippen molar-refractivity contribution in [3.05, 3.63) is 27.6 Å². The Morgan fingerprint density at radius 1 is 1.19 bits per heavy atom. The molecule has 0 aliphatic carbocycles. The fourth-order valence-corrected chi connectivity index (χ4v) is 4.06. The number of nitrogens with zero attached hydrogens (tertiary/aromatic N) is 2. The number of rotatable bonds is 3. The summed E-state index contributed by atoms with van der Waals surface area (Å²) in [5.74, 6) is 0.383. The van der Waals surface area contributed by atoms with E-state index in [0.29, 0.717) is 35.2 Å². The minimum absolute atomic E-state index is 0.115. The van der Waals surface area contributed by atoms with E-state index in [0.717, 1.165) is 29.5 Å². The third kappa shape index (κ3) is 3.14. The zero-order valence-corrected chi connectivity index (χ0v) is 15.3. The average Bonchev–Trinajstić information content (AvgIpc) is 3.33. The van der Waals surface area contributed by atoms with Gasteiger partial charge in [0.2, 0.25) is 12.7 Å². The van der Waals surface area contributed by atoms with Gasteiger partial charge in [-0.15, -0.1) is 0 Å². The number of likely N-dealkylation sites (tertiary alicyclic amines) is 1. The van der Waals surface area contributed by atoms with Gasteiger partial charge in [-0.2, -0.15) is 0 Å². The van der Waals surface area contributed by atoms with Crippen LogP contribution in [0.4, 0.5) is 4.79 Å². The lowest BCUT2D eigenvalue weighted by molar-refractivity contribution is -0.135. The summed E-state index contributed by atoms with van der Waals surface area (Å²) in [4.78, 5) is 39.9. The maximum atomic E-state index is 12.6. The smallest absolute Gasteiger partial charge is 0.294 e. The summed E-state index contributed by atoms with van der Waals surface area (Å²) < 4.78 is 10.6. The van der Waals surface area contributed by atoms with E-state index < -0.39 is 11.1 Å². The molecule has 4 rings (SSSR count). The first-order valence-corrected chi connectivity index (χ1v) is 9.34. The fourth-order valence-electron chi connectivity index (χ4n) is 3.02. The number of carbonyl (C=O) groups is 3.